The maximum atomic E-state index is 13.6. The molecule has 0 heterocycles. The standard InChI is InChI=1S/C18H14F2O2/c19-15-5-1-3-12(9-15)18(11-14(18)7-8-17(21)22)13-4-2-6-16(20)10-13/h1-10,14H,11H2,(H,21,22)/b8-7-. The average Bonchev–Trinajstić information content (AvgIpc) is 3.21. The number of benzene rings is 2. The van der Waals surface area contributed by atoms with Crippen molar-refractivity contribution in [1.82, 2.24) is 0 Å². The first-order chi connectivity index (χ1) is 10.5. The molecule has 0 amide bonds. The molecule has 1 saturated carbocycles. The molecule has 1 aliphatic carbocycles. The van der Waals surface area contributed by atoms with Crippen LogP contribution in [-0.4, -0.2) is 11.1 Å². The first-order valence-electron chi connectivity index (χ1n) is 6.95. The number of aliphatic carboxylic acids is 1. The van der Waals surface area contributed by atoms with Gasteiger partial charge in [-0.25, -0.2) is 13.6 Å². The maximum absolute atomic E-state index is 13.6. The lowest BCUT2D eigenvalue weighted by molar-refractivity contribution is -0.131. The molecular weight excluding hydrogens is 286 g/mol. The van der Waals surface area contributed by atoms with Crippen LogP contribution in [0.3, 0.4) is 0 Å². The SMILES string of the molecule is O=C(O)/C=C\C1CC1(c1cccc(F)c1)c1cccc(F)c1. The van der Waals surface area contributed by atoms with Gasteiger partial charge in [0.15, 0.2) is 0 Å². The van der Waals surface area contributed by atoms with Crippen LogP contribution in [0.4, 0.5) is 8.78 Å². The molecule has 0 spiro atoms. The minimum atomic E-state index is -1.03. The zero-order valence-corrected chi connectivity index (χ0v) is 11.7. The monoisotopic (exact) mass is 300 g/mol. The highest BCUT2D eigenvalue weighted by Gasteiger charge is 2.55. The van der Waals surface area contributed by atoms with Crippen molar-refractivity contribution in [3.63, 3.8) is 0 Å². The number of carboxylic acid groups (broad SMARTS) is 1. The number of hydrogen-bond donors (Lipinski definition) is 1. The zero-order chi connectivity index (χ0) is 15.7. The van der Waals surface area contributed by atoms with Crippen molar-refractivity contribution in [1.29, 1.82) is 0 Å². The minimum Gasteiger partial charge on any atom is -0.478 e. The molecule has 0 saturated heterocycles. The molecule has 2 aromatic rings. The molecule has 1 aliphatic rings. The number of halogens is 2. The highest BCUT2D eigenvalue weighted by atomic mass is 19.1. The third-order valence-electron chi connectivity index (χ3n) is 4.17. The van der Waals surface area contributed by atoms with Crippen LogP contribution in [0.25, 0.3) is 0 Å². The molecule has 1 atom stereocenters. The van der Waals surface area contributed by atoms with Crippen LogP contribution in [0.5, 0.6) is 0 Å². The Morgan fingerprint density at radius 1 is 1.09 bits per heavy atom. The molecule has 2 aromatic carbocycles. The summed E-state index contributed by atoms with van der Waals surface area (Å²) >= 11 is 0. The fourth-order valence-corrected chi connectivity index (χ4v) is 3.08. The number of carbonyl (C=O) groups is 1. The summed E-state index contributed by atoms with van der Waals surface area (Å²) in [6.07, 6.45) is 3.31. The lowest BCUT2D eigenvalue weighted by atomic mass is 9.85. The van der Waals surface area contributed by atoms with Crippen molar-refractivity contribution in [2.75, 3.05) is 0 Å². The van der Waals surface area contributed by atoms with Crippen LogP contribution >= 0.6 is 0 Å². The van der Waals surface area contributed by atoms with Gasteiger partial charge in [-0.2, -0.15) is 0 Å². The molecule has 22 heavy (non-hydrogen) atoms. The normalized spacial score (nSPS) is 19.3. The molecule has 0 aromatic heterocycles. The van der Waals surface area contributed by atoms with E-state index in [9.17, 15) is 13.6 Å². The Hall–Kier alpha value is -2.49. The van der Waals surface area contributed by atoms with E-state index >= 15 is 0 Å². The van der Waals surface area contributed by atoms with Gasteiger partial charge in [0.25, 0.3) is 0 Å². The predicted molar refractivity (Wildman–Crippen MR) is 78.5 cm³/mol. The average molecular weight is 300 g/mol. The zero-order valence-electron chi connectivity index (χ0n) is 11.7. The molecule has 0 radical (unpaired) electrons. The molecule has 1 fully saturated rings. The van der Waals surface area contributed by atoms with E-state index in [1.165, 1.54) is 24.3 Å². The van der Waals surface area contributed by atoms with Crippen LogP contribution in [0.1, 0.15) is 17.5 Å². The number of allylic oxidation sites excluding steroid dienone is 1. The largest absolute Gasteiger partial charge is 0.478 e. The highest BCUT2D eigenvalue weighted by molar-refractivity contribution is 5.80. The lowest BCUT2D eigenvalue weighted by Gasteiger charge is -2.18. The summed E-state index contributed by atoms with van der Waals surface area (Å²) in [5, 5.41) is 8.78. The van der Waals surface area contributed by atoms with Crippen molar-refractivity contribution >= 4 is 5.97 Å². The van der Waals surface area contributed by atoms with Crippen LogP contribution in [0, 0.1) is 17.6 Å². The van der Waals surface area contributed by atoms with Gasteiger partial charge >= 0.3 is 5.97 Å². The summed E-state index contributed by atoms with van der Waals surface area (Å²) in [5.74, 6) is -1.84. The fraction of sp³-hybridized carbons (Fsp3) is 0.167. The topological polar surface area (TPSA) is 37.3 Å². The van der Waals surface area contributed by atoms with Gasteiger partial charge in [-0.15, -0.1) is 0 Å². The van der Waals surface area contributed by atoms with E-state index in [1.807, 2.05) is 0 Å². The summed E-state index contributed by atoms with van der Waals surface area (Å²) in [5.41, 5.74) is 0.909. The van der Waals surface area contributed by atoms with Crippen LogP contribution in [-0.2, 0) is 10.2 Å². The summed E-state index contributed by atoms with van der Waals surface area (Å²) < 4.78 is 27.2. The van der Waals surface area contributed by atoms with Crippen molar-refractivity contribution in [2.45, 2.75) is 11.8 Å². The molecule has 1 N–H and O–H groups in total. The number of carboxylic acids is 1. The molecule has 0 bridgehead atoms. The molecule has 0 aliphatic heterocycles. The Kier molecular flexibility index (Phi) is 3.53. The summed E-state index contributed by atoms with van der Waals surface area (Å²) in [4.78, 5) is 10.7. The van der Waals surface area contributed by atoms with E-state index in [0.717, 1.165) is 17.2 Å². The van der Waals surface area contributed by atoms with Gasteiger partial charge < -0.3 is 5.11 Å². The second kappa shape index (κ2) is 5.37. The summed E-state index contributed by atoms with van der Waals surface area (Å²) in [6.45, 7) is 0. The third kappa shape index (κ3) is 2.52. The predicted octanol–water partition coefficient (Wildman–Crippen LogP) is 3.91. The second-order valence-electron chi connectivity index (χ2n) is 5.50. The van der Waals surface area contributed by atoms with Gasteiger partial charge in [0.1, 0.15) is 11.6 Å². The summed E-state index contributed by atoms with van der Waals surface area (Å²) in [7, 11) is 0. The van der Waals surface area contributed by atoms with E-state index in [2.05, 4.69) is 0 Å². The first-order valence-corrected chi connectivity index (χ1v) is 6.95. The van der Waals surface area contributed by atoms with Gasteiger partial charge in [0, 0.05) is 11.5 Å². The van der Waals surface area contributed by atoms with E-state index < -0.39 is 11.4 Å². The molecule has 1 unspecified atom stereocenters. The van der Waals surface area contributed by atoms with E-state index in [1.54, 1.807) is 30.3 Å². The maximum Gasteiger partial charge on any atom is 0.327 e. The van der Waals surface area contributed by atoms with Crippen LogP contribution < -0.4 is 0 Å². The number of hydrogen-bond acceptors (Lipinski definition) is 1. The Bertz CT molecular complexity index is 707. The smallest absolute Gasteiger partial charge is 0.327 e. The van der Waals surface area contributed by atoms with Crippen LogP contribution in [0.15, 0.2) is 60.7 Å². The van der Waals surface area contributed by atoms with Gasteiger partial charge in [-0.05, 0) is 47.7 Å². The molecule has 112 valence electrons. The van der Waals surface area contributed by atoms with Gasteiger partial charge in [0.2, 0.25) is 0 Å². The highest BCUT2D eigenvalue weighted by Crippen LogP contribution is 2.59. The van der Waals surface area contributed by atoms with Crippen molar-refractivity contribution < 1.29 is 18.7 Å². The molecule has 4 heteroatoms. The van der Waals surface area contributed by atoms with E-state index in [0.29, 0.717) is 6.42 Å². The van der Waals surface area contributed by atoms with Crippen LogP contribution in [0.2, 0.25) is 0 Å². The lowest BCUT2D eigenvalue weighted by Crippen LogP contribution is -2.12. The molecule has 3 rings (SSSR count). The Labute approximate surface area is 126 Å². The Morgan fingerprint density at radius 2 is 1.64 bits per heavy atom. The number of rotatable bonds is 4. The van der Waals surface area contributed by atoms with Gasteiger partial charge in [-0.3, -0.25) is 0 Å². The quantitative estimate of drug-likeness (QED) is 0.869. The van der Waals surface area contributed by atoms with Gasteiger partial charge in [0.05, 0.1) is 0 Å². The van der Waals surface area contributed by atoms with Gasteiger partial charge in [-0.1, -0.05) is 30.3 Å². The third-order valence-corrected chi connectivity index (χ3v) is 4.17. The van der Waals surface area contributed by atoms with Crippen molar-refractivity contribution in [2.24, 2.45) is 5.92 Å². The second-order valence-corrected chi connectivity index (χ2v) is 5.50. The van der Waals surface area contributed by atoms with Crippen molar-refractivity contribution in [3.05, 3.63) is 83.4 Å². The molecule has 2 nitrogen and oxygen atoms in total. The van der Waals surface area contributed by atoms with E-state index in [-0.39, 0.29) is 17.6 Å². The van der Waals surface area contributed by atoms with Crippen molar-refractivity contribution in [3.8, 4) is 0 Å². The van der Waals surface area contributed by atoms with E-state index in [4.69, 9.17) is 5.11 Å². The minimum absolute atomic E-state index is 0.0906. The first kappa shape index (κ1) is 14.4. The summed E-state index contributed by atoms with van der Waals surface area (Å²) in [6, 6.07) is 12.4. The Balaban J connectivity index is 2.07. The Morgan fingerprint density at radius 3 is 2.09 bits per heavy atom. The fourth-order valence-electron chi connectivity index (χ4n) is 3.08. The molecular formula is C18H14F2O2.